The summed E-state index contributed by atoms with van der Waals surface area (Å²) >= 11 is 0. The molecule has 2 N–H and O–H groups in total. The van der Waals surface area contributed by atoms with Gasteiger partial charge in [-0.2, -0.15) is 0 Å². The molecule has 1 aliphatic heterocycles. The van der Waals surface area contributed by atoms with Crippen LogP contribution in [0, 0.1) is 5.82 Å². The number of piperazine rings is 1. The van der Waals surface area contributed by atoms with Gasteiger partial charge in [0.25, 0.3) is 0 Å². The molecule has 3 aromatic rings. The van der Waals surface area contributed by atoms with E-state index in [4.69, 9.17) is 0 Å². The van der Waals surface area contributed by atoms with Crippen LogP contribution in [0.15, 0.2) is 35.3 Å². The van der Waals surface area contributed by atoms with Gasteiger partial charge in [0.1, 0.15) is 17.5 Å². The van der Waals surface area contributed by atoms with Crippen molar-refractivity contribution in [3.05, 3.63) is 46.8 Å². The van der Waals surface area contributed by atoms with Gasteiger partial charge >= 0.3 is 5.69 Å². The number of anilines is 1. The monoisotopic (exact) mass is 314 g/mol. The first-order chi connectivity index (χ1) is 11.2. The van der Waals surface area contributed by atoms with Crippen molar-refractivity contribution in [1.82, 2.24) is 24.8 Å². The van der Waals surface area contributed by atoms with Gasteiger partial charge in [0, 0.05) is 32.2 Å². The van der Waals surface area contributed by atoms with Crippen molar-refractivity contribution in [2.75, 3.05) is 31.1 Å². The maximum absolute atomic E-state index is 13.5. The number of H-pyrrole nitrogens is 1. The molecule has 0 unspecified atom stereocenters. The van der Waals surface area contributed by atoms with Crippen LogP contribution in [0.25, 0.3) is 17.0 Å². The van der Waals surface area contributed by atoms with Crippen molar-refractivity contribution in [2.45, 2.75) is 0 Å². The lowest BCUT2D eigenvalue weighted by molar-refractivity contribution is 0.584. The quantitative estimate of drug-likeness (QED) is 0.726. The smallest absolute Gasteiger partial charge is 0.333 e. The molecular formula is C15H15FN6O. The van der Waals surface area contributed by atoms with E-state index in [0.29, 0.717) is 17.0 Å². The minimum Gasteiger partial charge on any atom is -0.354 e. The summed E-state index contributed by atoms with van der Waals surface area (Å²) in [5.41, 5.74) is 0.328. The molecule has 1 aliphatic rings. The number of hydrogen-bond acceptors (Lipinski definition) is 5. The van der Waals surface area contributed by atoms with Crippen molar-refractivity contribution in [3.8, 4) is 5.82 Å². The van der Waals surface area contributed by atoms with Crippen LogP contribution in [0.1, 0.15) is 0 Å². The van der Waals surface area contributed by atoms with Gasteiger partial charge in [-0.15, -0.1) is 0 Å². The largest absolute Gasteiger partial charge is 0.354 e. The fourth-order valence-corrected chi connectivity index (χ4v) is 2.80. The van der Waals surface area contributed by atoms with E-state index in [1.165, 1.54) is 10.6 Å². The standard InChI is InChI=1S/C15H15FN6O/c16-10-8-11-14(18-9-10)20-15(23)22(11)13-3-1-2-12(19-13)21-6-4-17-5-7-21/h1-3,8-9,17H,4-7H2,(H,18,20,23). The molecule has 0 aromatic carbocycles. The molecule has 1 fully saturated rings. The average molecular weight is 314 g/mol. The van der Waals surface area contributed by atoms with Crippen LogP contribution in [0.4, 0.5) is 10.2 Å². The van der Waals surface area contributed by atoms with Gasteiger partial charge in [0.05, 0.1) is 11.7 Å². The molecule has 0 spiro atoms. The zero-order chi connectivity index (χ0) is 15.8. The summed E-state index contributed by atoms with van der Waals surface area (Å²) in [5.74, 6) is 0.753. The van der Waals surface area contributed by atoms with Gasteiger partial charge in [0.2, 0.25) is 0 Å². The van der Waals surface area contributed by atoms with E-state index >= 15 is 0 Å². The number of aromatic nitrogens is 4. The number of nitrogens with zero attached hydrogens (tertiary/aromatic N) is 4. The summed E-state index contributed by atoms with van der Waals surface area (Å²) in [4.78, 5) is 25.5. The van der Waals surface area contributed by atoms with Crippen LogP contribution in [0.5, 0.6) is 0 Å². The van der Waals surface area contributed by atoms with Crippen LogP contribution in [-0.2, 0) is 0 Å². The zero-order valence-corrected chi connectivity index (χ0v) is 12.3. The van der Waals surface area contributed by atoms with Crippen molar-refractivity contribution >= 4 is 17.0 Å². The normalized spacial score (nSPS) is 15.3. The molecule has 3 aromatic heterocycles. The van der Waals surface area contributed by atoms with Crippen LogP contribution < -0.4 is 15.9 Å². The first-order valence-electron chi connectivity index (χ1n) is 7.42. The molecule has 118 valence electrons. The minimum absolute atomic E-state index is 0.339. The number of rotatable bonds is 2. The number of hydrogen-bond donors (Lipinski definition) is 2. The summed E-state index contributed by atoms with van der Waals surface area (Å²) in [6, 6.07) is 6.76. The molecule has 0 aliphatic carbocycles. The SMILES string of the molecule is O=c1[nH]c2ncc(F)cc2n1-c1cccc(N2CCNCC2)n1. The van der Waals surface area contributed by atoms with Crippen molar-refractivity contribution < 1.29 is 4.39 Å². The Bertz CT molecular complexity index is 912. The van der Waals surface area contributed by atoms with E-state index in [2.05, 4.69) is 25.2 Å². The molecule has 23 heavy (non-hydrogen) atoms. The topological polar surface area (TPSA) is 78.8 Å². The van der Waals surface area contributed by atoms with E-state index in [1.54, 1.807) is 6.07 Å². The van der Waals surface area contributed by atoms with E-state index in [-0.39, 0.29) is 5.69 Å². The third-order valence-electron chi connectivity index (χ3n) is 3.89. The highest BCUT2D eigenvalue weighted by Crippen LogP contribution is 2.17. The second-order valence-corrected chi connectivity index (χ2v) is 5.38. The molecule has 1 saturated heterocycles. The maximum atomic E-state index is 13.5. The van der Waals surface area contributed by atoms with Crippen LogP contribution in [0.3, 0.4) is 0 Å². The predicted octanol–water partition coefficient (Wildman–Crippen LogP) is 0.657. The molecular weight excluding hydrogens is 299 g/mol. The highest BCUT2D eigenvalue weighted by Gasteiger charge is 2.15. The second kappa shape index (κ2) is 5.47. The number of fused-ring (bicyclic) bond motifs is 1. The predicted molar refractivity (Wildman–Crippen MR) is 84.5 cm³/mol. The third-order valence-corrected chi connectivity index (χ3v) is 3.89. The van der Waals surface area contributed by atoms with Crippen LogP contribution >= 0.6 is 0 Å². The number of halogens is 1. The van der Waals surface area contributed by atoms with E-state index < -0.39 is 5.82 Å². The van der Waals surface area contributed by atoms with Gasteiger partial charge < -0.3 is 10.2 Å². The number of aromatic amines is 1. The molecule has 4 rings (SSSR count). The highest BCUT2D eigenvalue weighted by molar-refractivity contribution is 5.72. The van der Waals surface area contributed by atoms with Crippen molar-refractivity contribution in [3.63, 3.8) is 0 Å². The Hall–Kier alpha value is -2.74. The average Bonchev–Trinajstić information content (AvgIpc) is 2.91. The Kier molecular flexibility index (Phi) is 3.30. The van der Waals surface area contributed by atoms with Gasteiger partial charge in [-0.3, -0.25) is 4.98 Å². The molecule has 0 atom stereocenters. The van der Waals surface area contributed by atoms with Crippen LogP contribution in [-0.4, -0.2) is 45.7 Å². The Morgan fingerprint density at radius 3 is 2.78 bits per heavy atom. The lowest BCUT2D eigenvalue weighted by Gasteiger charge is -2.28. The zero-order valence-electron chi connectivity index (χ0n) is 12.3. The minimum atomic E-state index is -0.497. The molecule has 0 bridgehead atoms. The fourth-order valence-electron chi connectivity index (χ4n) is 2.80. The summed E-state index contributed by atoms with van der Waals surface area (Å²) in [5, 5.41) is 3.29. The van der Waals surface area contributed by atoms with E-state index in [1.807, 2.05) is 12.1 Å². The second-order valence-electron chi connectivity index (χ2n) is 5.38. The summed E-state index contributed by atoms with van der Waals surface area (Å²) in [6.45, 7) is 3.51. The Balaban J connectivity index is 1.83. The van der Waals surface area contributed by atoms with Crippen LogP contribution in [0.2, 0.25) is 0 Å². The first-order valence-corrected chi connectivity index (χ1v) is 7.42. The fraction of sp³-hybridized carbons (Fsp3) is 0.267. The van der Waals surface area contributed by atoms with E-state index in [0.717, 1.165) is 38.2 Å². The van der Waals surface area contributed by atoms with Gasteiger partial charge in [-0.1, -0.05) is 6.07 Å². The lowest BCUT2D eigenvalue weighted by Crippen LogP contribution is -2.44. The molecule has 8 heteroatoms. The van der Waals surface area contributed by atoms with Crippen molar-refractivity contribution in [1.29, 1.82) is 0 Å². The maximum Gasteiger partial charge on any atom is 0.333 e. The first kappa shape index (κ1) is 13.9. The summed E-state index contributed by atoms with van der Waals surface area (Å²) < 4.78 is 14.8. The van der Waals surface area contributed by atoms with Gasteiger partial charge in [-0.05, 0) is 12.1 Å². The molecule has 7 nitrogen and oxygen atoms in total. The summed E-state index contributed by atoms with van der Waals surface area (Å²) in [7, 11) is 0. The Morgan fingerprint density at radius 1 is 1.17 bits per heavy atom. The molecule has 0 amide bonds. The Labute approximate surface area is 130 Å². The number of pyridine rings is 2. The number of nitrogens with one attached hydrogen (secondary N) is 2. The Morgan fingerprint density at radius 2 is 1.96 bits per heavy atom. The van der Waals surface area contributed by atoms with Crippen molar-refractivity contribution in [2.24, 2.45) is 0 Å². The summed E-state index contributed by atoms with van der Waals surface area (Å²) in [6.07, 6.45) is 1.08. The number of imidazole rings is 1. The van der Waals surface area contributed by atoms with Gasteiger partial charge in [-0.25, -0.2) is 23.7 Å². The van der Waals surface area contributed by atoms with Gasteiger partial charge in [0.15, 0.2) is 5.65 Å². The lowest BCUT2D eigenvalue weighted by atomic mass is 10.3. The third kappa shape index (κ3) is 2.46. The van der Waals surface area contributed by atoms with E-state index in [9.17, 15) is 9.18 Å². The molecule has 4 heterocycles. The molecule has 0 saturated carbocycles. The molecule has 0 radical (unpaired) electrons. The highest BCUT2D eigenvalue weighted by atomic mass is 19.1.